The molecular weight excluding hydrogens is 180 g/mol. The number of carbonyl (C=O) groups is 1. The number of nitrogens with zero attached hydrogens (tertiary/aromatic N) is 1. The molecule has 2 N–H and O–H groups in total. The number of nitrogens with one attached hydrogen (secondary N) is 1. The fourth-order valence-electron chi connectivity index (χ4n) is 1.62. The summed E-state index contributed by atoms with van der Waals surface area (Å²) in [6, 6.07) is 3.76. The lowest BCUT2D eigenvalue weighted by molar-refractivity contribution is -0.136. The predicted molar refractivity (Wildman–Crippen MR) is 52.4 cm³/mol. The number of rotatable bonds is 2. The van der Waals surface area contributed by atoms with Gasteiger partial charge in [0.1, 0.15) is 5.82 Å². The molecule has 0 amide bonds. The molecule has 0 fully saturated rings. The van der Waals surface area contributed by atoms with Gasteiger partial charge in [-0.05, 0) is 24.5 Å². The van der Waals surface area contributed by atoms with E-state index in [9.17, 15) is 4.79 Å². The zero-order valence-electron chi connectivity index (χ0n) is 7.79. The zero-order chi connectivity index (χ0) is 9.97. The van der Waals surface area contributed by atoms with E-state index in [1.54, 1.807) is 6.07 Å². The van der Waals surface area contributed by atoms with Gasteiger partial charge in [0.05, 0.1) is 12.1 Å². The first-order chi connectivity index (χ1) is 6.75. The molecule has 1 aliphatic rings. The maximum Gasteiger partial charge on any atom is 0.309 e. The van der Waals surface area contributed by atoms with Crippen LogP contribution in [0.2, 0.25) is 0 Å². The Hall–Kier alpha value is -1.58. The number of carboxylic acids is 1. The van der Waals surface area contributed by atoms with Crippen molar-refractivity contribution in [1.82, 2.24) is 4.98 Å². The van der Waals surface area contributed by atoms with Crippen LogP contribution in [0.25, 0.3) is 0 Å². The molecule has 0 radical (unpaired) electrons. The van der Waals surface area contributed by atoms with Gasteiger partial charge < -0.3 is 10.4 Å². The summed E-state index contributed by atoms with van der Waals surface area (Å²) in [4.78, 5) is 14.7. The van der Waals surface area contributed by atoms with Crippen molar-refractivity contribution in [3.63, 3.8) is 0 Å². The van der Waals surface area contributed by atoms with E-state index >= 15 is 0 Å². The van der Waals surface area contributed by atoms with Crippen LogP contribution in [0, 0.1) is 0 Å². The van der Waals surface area contributed by atoms with Crippen molar-refractivity contribution in [2.75, 3.05) is 11.9 Å². The first kappa shape index (κ1) is 8.99. The number of aryl methyl sites for hydroxylation is 1. The Labute approximate surface area is 82.0 Å². The third-order valence-electron chi connectivity index (χ3n) is 2.28. The predicted octanol–water partition coefficient (Wildman–Crippen LogP) is 1.07. The quantitative estimate of drug-likeness (QED) is 0.735. The number of pyridine rings is 1. The van der Waals surface area contributed by atoms with E-state index in [4.69, 9.17) is 5.11 Å². The highest BCUT2D eigenvalue weighted by Crippen LogP contribution is 2.19. The van der Waals surface area contributed by atoms with Gasteiger partial charge in [-0.2, -0.15) is 0 Å². The van der Waals surface area contributed by atoms with Gasteiger partial charge in [0, 0.05) is 6.54 Å². The summed E-state index contributed by atoms with van der Waals surface area (Å²) >= 11 is 0. The molecule has 0 aliphatic carbocycles. The van der Waals surface area contributed by atoms with Crippen molar-refractivity contribution in [2.45, 2.75) is 19.3 Å². The molecule has 1 aromatic rings. The van der Waals surface area contributed by atoms with Gasteiger partial charge in [0.2, 0.25) is 0 Å². The van der Waals surface area contributed by atoms with Crippen LogP contribution in [-0.2, 0) is 17.6 Å². The van der Waals surface area contributed by atoms with E-state index in [1.165, 1.54) is 5.56 Å². The topological polar surface area (TPSA) is 62.2 Å². The second-order valence-electron chi connectivity index (χ2n) is 3.41. The van der Waals surface area contributed by atoms with Gasteiger partial charge in [0.15, 0.2) is 0 Å². The minimum Gasteiger partial charge on any atom is -0.481 e. The van der Waals surface area contributed by atoms with Crippen LogP contribution in [0.5, 0.6) is 0 Å². The van der Waals surface area contributed by atoms with E-state index < -0.39 is 5.97 Å². The molecule has 2 heterocycles. The highest BCUT2D eigenvalue weighted by atomic mass is 16.4. The van der Waals surface area contributed by atoms with Gasteiger partial charge in [-0.15, -0.1) is 0 Å². The van der Waals surface area contributed by atoms with Crippen LogP contribution in [0.4, 0.5) is 5.82 Å². The lowest BCUT2D eigenvalue weighted by Gasteiger charge is -2.16. The normalized spacial score (nSPS) is 14.3. The number of hydrogen-bond donors (Lipinski definition) is 2. The van der Waals surface area contributed by atoms with Crippen LogP contribution in [0.1, 0.15) is 17.7 Å². The van der Waals surface area contributed by atoms with Crippen molar-refractivity contribution >= 4 is 11.8 Å². The molecular formula is C10H12N2O2. The molecule has 0 atom stereocenters. The molecule has 0 aromatic carbocycles. The summed E-state index contributed by atoms with van der Waals surface area (Å²) in [5.74, 6) is 0.0169. The van der Waals surface area contributed by atoms with Gasteiger partial charge in [-0.3, -0.25) is 4.79 Å². The smallest absolute Gasteiger partial charge is 0.309 e. The fourth-order valence-corrected chi connectivity index (χ4v) is 1.62. The van der Waals surface area contributed by atoms with E-state index in [1.807, 2.05) is 6.07 Å². The number of hydrogen-bond acceptors (Lipinski definition) is 3. The highest BCUT2D eigenvalue weighted by Gasteiger charge is 2.11. The molecule has 1 aromatic heterocycles. The largest absolute Gasteiger partial charge is 0.481 e. The van der Waals surface area contributed by atoms with Crippen LogP contribution in [0.15, 0.2) is 12.1 Å². The summed E-state index contributed by atoms with van der Waals surface area (Å²) < 4.78 is 0. The zero-order valence-corrected chi connectivity index (χ0v) is 7.79. The lowest BCUT2D eigenvalue weighted by Crippen LogP contribution is -2.14. The molecule has 4 heteroatoms. The number of aliphatic carboxylic acids is 1. The summed E-state index contributed by atoms with van der Waals surface area (Å²) in [7, 11) is 0. The first-order valence-corrected chi connectivity index (χ1v) is 4.70. The standard InChI is InChI=1S/C10H12N2O2/c13-9(14)6-8-4-3-7-2-1-5-11-10(7)12-8/h3-4H,1-2,5-6H2,(H,11,12)(H,13,14). The molecule has 0 unspecified atom stereocenters. The average molecular weight is 192 g/mol. The van der Waals surface area contributed by atoms with E-state index in [-0.39, 0.29) is 6.42 Å². The summed E-state index contributed by atoms with van der Waals surface area (Å²) in [5, 5.41) is 11.8. The molecule has 0 saturated heterocycles. The number of aromatic nitrogens is 1. The maximum atomic E-state index is 10.5. The number of anilines is 1. The second kappa shape index (κ2) is 3.65. The fraction of sp³-hybridized carbons (Fsp3) is 0.400. The Morgan fingerprint density at radius 3 is 3.21 bits per heavy atom. The lowest BCUT2D eigenvalue weighted by atomic mass is 10.1. The van der Waals surface area contributed by atoms with Crippen LogP contribution >= 0.6 is 0 Å². The second-order valence-corrected chi connectivity index (χ2v) is 3.41. The Bertz CT molecular complexity index is 363. The Balaban J connectivity index is 2.24. The molecule has 14 heavy (non-hydrogen) atoms. The summed E-state index contributed by atoms with van der Waals surface area (Å²) in [6.07, 6.45) is 2.14. The average Bonchev–Trinajstić information content (AvgIpc) is 2.17. The highest BCUT2D eigenvalue weighted by molar-refractivity contribution is 5.69. The van der Waals surface area contributed by atoms with Crippen LogP contribution in [0.3, 0.4) is 0 Å². The van der Waals surface area contributed by atoms with Crippen molar-refractivity contribution < 1.29 is 9.90 Å². The van der Waals surface area contributed by atoms with E-state index in [2.05, 4.69) is 10.3 Å². The first-order valence-electron chi connectivity index (χ1n) is 4.70. The number of fused-ring (bicyclic) bond motifs is 1. The van der Waals surface area contributed by atoms with Crippen LogP contribution in [-0.4, -0.2) is 22.6 Å². The summed E-state index contributed by atoms with van der Waals surface area (Å²) in [5.41, 5.74) is 1.80. The SMILES string of the molecule is O=C(O)Cc1ccc2c(n1)NCCC2. The van der Waals surface area contributed by atoms with Crippen molar-refractivity contribution in [3.05, 3.63) is 23.4 Å². The molecule has 2 rings (SSSR count). The van der Waals surface area contributed by atoms with Gasteiger partial charge >= 0.3 is 5.97 Å². The molecule has 4 nitrogen and oxygen atoms in total. The van der Waals surface area contributed by atoms with Gasteiger partial charge in [-0.25, -0.2) is 4.98 Å². The molecule has 0 bridgehead atoms. The Morgan fingerprint density at radius 1 is 1.57 bits per heavy atom. The van der Waals surface area contributed by atoms with Crippen molar-refractivity contribution in [3.8, 4) is 0 Å². The van der Waals surface area contributed by atoms with Gasteiger partial charge in [0.25, 0.3) is 0 Å². The van der Waals surface area contributed by atoms with Crippen molar-refractivity contribution in [1.29, 1.82) is 0 Å². The molecule has 0 saturated carbocycles. The minimum absolute atomic E-state index is 0.00500. The molecule has 0 spiro atoms. The van der Waals surface area contributed by atoms with Gasteiger partial charge in [-0.1, -0.05) is 6.07 Å². The third-order valence-corrected chi connectivity index (χ3v) is 2.28. The maximum absolute atomic E-state index is 10.5. The van der Waals surface area contributed by atoms with E-state index in [0.717, 1.165) is 25.2 Å². The van der Waals surface area contributed by atoms with Crippen molar-refractivity contribution in [2.24, 2.45) is 0 Å². The van der Waals surface area contributed by atoms with E-state index in [0.29, 0.717) is 5.69 Å². The Morgan fingerprint density at radius 2 is 2.43 bits per heavy atom. The Kier molecular flexibility index (Phi) is 2.35. The summed E-state index contributed by atoms with van der Waals surface area (Å²) in [6.45, 7) is 0.927. The molecule has 74 valence electrons. The third kappa shape index (κ3) is 1.84. The number of carboxylic acid groups (broad SMARTS) is 1. The molecule has 1 aliphatic heterocycles. The van der Waals surface area contributed by atoms with Crippen LogP contribution < -0.4 is 5.32 Å². The monoisotopic (exact) mass is 192 g/mol. The minimum atomic E-state index is -0.840.